The molecule has 0 saturated carbocycles. The molecule has 10 nitrogen and oxygen atoms in total. The number of benzene rings is 1. The molecule has 0 amide bonds. The second-order valence-electron chi connectivity index (χ2n) is 8.43. The molecule has 11 heteroatoms. The Morgan fingerprint density at radius 3 is 2.64 bits per heavy atom. The molecule has 1 atom stereocenters. The third-order valence-corrected chi connectivity index (χ3v) is 6.29. The molecular formula is C22H28FN9O. The van der Waals surface area contributed by atoms with Crippen LogP contribution in [-0.4, -0.2) is 72.1 Å². The number of fused-ring (bicyclic) bond motifs is 3. The number of hydrogen-bond acceptors (Lipinski definition) is 8. The molecule has 4 heterocycles. The first-order valence-corrected chi connectivity index (χ1v) is 11.2. The molecule has 0 spiro atoms. The van der Waals surface area contributed by atoms with Crippen LogP contribution in [0.5, 0.6) is 0 Å². The van der Waals surface area contributed by atoms with E-state index in [0.717, 1.165) is 38.1 Å². The Balaban J connectivity index is 1.23. The van der Waals surface area contributed by atoms with E-state index in [1.165, 1.54) is 10.6 Å². The zero-order chi connectivity index (χ0) is 23.1. The van der Waals surface area contributed by atoms with E-state index in [4.69, 9.17) is 5.73 Å². The Morgan fingerprint density at radius 2 is 1.91 bits per heavy atom. The van der Waals surface area contributed by atoms with Gasteiger partial charge in [-0.1, -0.05) is 13.0 Å². The predicted octanol–water partition coefficient (Wildman–Crippen LogP) is 1.77. The zero-order valence-corrected chi connectivity index (χ0v) is 18.8. The predicted molar refractivity (Wildman–Crippen MR) is 124 cm³/mol. The van der Waals surface area contributed by atoms with Crippen LogP contribution in [0.15, 0.2) is 24.4 Å². The molecule has 0 bridgehead atoms. The highest BCUT2D eigenvalue weighted by molar-refractivity contribution is 5.89. The summed E-state index contributed by atoms with van der Waals surface area (Å²) >= 11 is 0. The molecule has 1 unspecified atom stereocenters. The number of aliphatic hydroxyl groups is 1. The van der Waals surface area contributed by atoms with Gasteiger partial charge in [-0.2, -0.15) is 14.6 Å². The number of aromatic nitrogens is 6. The van der Waals surface area contributed by atoms with Crippen LogP contribution < -0.4 is 10.6 Å². The number of nitrogen functional groups attached to an aromatic ring is 1. The van der Waals surface area contributed by atoms with Crippen molar-refractivity contribution < 1.29 is 9.50 Å². The van der Waals surface area contributed by atoms with E-state index in [0.29, 0.717) is 41.3 Å². The summed E-state index contributed by atoms with van der Waals surface area (Å²) in [5.41, 5.74) is 8.64. The average Bonchev–Trinajstić information content (AvgIpc) is 3.41. The highest BCUT2D eigenvalue weighted by atomic mass is 19.1. The van der Waals surface area contributed by atoms with Gasteiger partial charge in [-0.3, -0.25) is 4.90 Å². The minimum absolute atomic E-state index is 0.282. The van der Waals surface area contributed by atoms with Gasteiger partial charge >= 0.3 is 0 Å². The van der Waals surface area contributed by atoms with Crippen molar-refractivity contribution in [1.82, 2.24) is 34.3 Å². The largest absolute Gasteiger partial charge is 0.388 e. The maximum Gasteiger partial charge on any atom is 0.225 e. The van der Waals surface area contributed by atoms with Gasteiger partial charge < -0.3 is 15.7 Å². The first kappa shape index (κ1) is 21.5. The fourth-order valence-electron chi connectivity index (χ4n) is 4.39. The molecule has 4 aromatic rings. The van der Waals surface area contributed by atoms with Crippen molar-refractivity contribution in [2.45, 2.75) is 32.9 Å². The Labute approximate surface area is 190 Å². The molecule has 1 fully saturated rings. The number of rotatable bonds is 6. The lowest BCUT2D eigenvalue weighted by Gasteiger charge is -2.36. The maximum absolute atomic E-state index is 14.6. The van der Waals surface area contributed by atoms with E-state index in [9.17, 15) is 9.50 Å². The molecule has 3 N–H and O–H groups in total. The number of anilines is 2. The Bertz CT molecular complexity index is 1290. The Morgan fingerprint density at radius 1 is 1.12 bits per heavy atom. The number of hydrogen-bond donors (Lipinski definition) is 2. The minimum Gasteiger partial charge on any atom is -0.388 e. The van der Waals surface area contributed by atoms with Crippen LogP contribution in [0, 0.1) is 12.7 Å². The fourth-order valence-corrected chi connectivity index (χ4v) is 4.39. The normalized spacial score (nSPS) is 16.2. The summed E-state index contributed by atoms with van der Waals surface area (Å²) in [5, 5.41) is 19.5. The molecule has 1 aliphatic heterocycles. The highest BCUT2D eigenvalue weighted by Gasteiger charge is 2.21. The number of nitrogens with zero attached hydrogens (tertiary/aromatic N) is 8. The summed E-state index contributed by atoms with van der Waals surface area (Å²) in [7, 11) is 0. The SMILES string of the molecule is CCC(O)c1ccc(N2CCN(CCn3ncc4c3nc(N)n3nc(C)nc43)CC2)c(F)c1. The molecular weight excluding hydrogens is 425 g/mol. The summed E-state index contributed by atoms with van der Waals surface area (Å²) < 4.78 is 18.0. The van der Waals surface area contributed by atoms with Gasteiger partial charge in [0, 0.05) is 32.7 Å². The van der Waals surface area contributed by atoms with Crippen LogP contribution in [0.1, 0.15) is 30.8 Å². The summed E-state index contributed by atoms with van der Waals surface area (Å²) in [6.07, 6.45) is 1.69. The van der Waals surface area contributed by atoms with Crippen LogP contribution in [-0.2, 0) is 6.54 Å². The lowest BCUT2D eigenvalue weighted by atomic mass is 10.1. The number of halogens is 1. The van der Waals surface area contributed by atoms with Crippen LogP contribution >= 0.6 is 0 Å². The van der Waals surface area contributed by atoms with E-state index in [1.54, 1.807) is 12.3 Å². The first-order chi connectivity index (χ1) is 15.9. The molecule has 3 aromatic heterocycles. The summed E-state index contributed by atoms with van der Waals surface area (Å²) in [4.78, 5) is 13.3. The molecule has 174 valence electrons. The summed E-state index contributed by atoms with van der Waals surface area (Å²) in [5.74, 6) is 0.636. The summed E-state index contributed by atoms with van der Waals surface area (Å²) in [6.45, 7) is 8.27. The molecule has 1 aliphatic rings. The average molecular weight is 454 g/mol. The smallest absolute Gasteiger partial charge is 0.225 e. The van der Waals surface area contributed by atoms with Gasteiger partial charge in [0.2, 0.25) is 5.95 Å². The van der Waals surface area contributed by atoms with Crippen molar-refractivity contribution in [3.63, 3.8) is 0 Å². The molecule has 0 aliphatic carbocycles. The van der Waals surface area contributed by atoms with Crippen molar-refractivity contribution in [2.75, 3.05) is 43.4 Å². The van der Waals surface area contributed by atoms with Crippen molar-refractivity contribution in [3.05, 3.63) is 41.6 Å². The van der Waals surface area contributed by atoms with Gasteiger partial charge in [-0.15, -0.1) is 5.10 Å². The standard InChI is InChI=1S/C22H28FN9O/c1-3-19(33)15-4-5-18(17(23)12-15)30-9-6-29(7-10-30)8-11-31-20-16(13-25-31)21-26-14(2)28-32(21)22(24)27-20/h4-5,12-13,19,33H,3,6-11H2,1-2H3,(H2,24,27). The molecule has 1 saturated heterocycles. The number of aryl methyl sites for hydroxylation is 1. The molecule has 0 radical (unpaired) electrons. The van der Waals surface area contributed by atoms with E-state index in [-0.39, 0.29) is 11.8 Å². The van der Waals surface area contributed by atoms with E-state index in [2.05, 4.69) is 30.0 Å². The topological polar surface area (TPSA) is 114 Å². The third kappa shape index (κ3) is 3.98. The first-order valence-electron chi connectivity index (χ1n) is 11.2. The van der Waals surface area contributed by atoms with E-state index < -0.39 is 6.10 Å². The van der Waals surface area contributed by atoms with Gasteiger partial charge in [-0.25, -0.2) is 14.1 Å². The lowest BCUT2D eigenvalue weighted by Crippen LogP contribution is -2.47. The molecule has 5 rings (SSSR count). The molecule has 1 aromatic carbocycles. The zero-order valence-electron chi connectivity index (χ0n) is 18.8. The number of aliphatic hydroxyl groups excluding tert-OH is 1. The van der Waals surface area contributed by atoms with Crippen molar-refractivity contribution in [2.24, 2.45) is 0 Å². The van der Waals surface area contributed by atoms with E-state index in [1.807, 2.05) is 24.6 Å². The minimum atomic E-state index is -0.626. The third-order valence-electron chi connectivity index (χ3n) is 6.29. The van der Waals surface area contributed by atoms with E-state index >= 15 is 0 Å². The summed E-state index contributed by atoms with van der Waals surface area (Å²) in [6, 6.07) is 5.04. The number of piperazine rings is 1. The maximum atomic E-state index is 14.6. The van der Waals surface area contributed by atoms with Crippen LogP contribution in [0.2, 0.25) is 0 Å². The second-order valence-corrected chi connectivity index (χ2v) is 8.43. The monoisotopic (exact) mass is 453 g/mol. The van der Waals surface area contributed by atoms with Crippen LogP contribution in [0.25, 0.3) is 16.7 Å². The van der Waals surface area contributed by atoms with Gasteiger partial charge in [0.25, 0.3) is 0 Å². The Hall–Kier alpha value is -3.31. The number of nitrogens with two attached hydrogens (primary N) is 1. The lowest BCUT2D eigenvalue weighted by molar-refractivity contribution is 0.173. The highest BCUT2D eigenvalue weighted by Crippen LogP contribution is 2.26. The van der Waals surface area contributed by atoms with Crippen LogP contribution in [0.3, 0.4) is 0 Å². The molecule has 33 heavy (non-hydrogen) atoms. The Kier molecular flexibility index (Phi) is 5.59. The fraction of sp³-hybridized carbons (Fsp3) is 0.455. The quantitative estimate of drug-likeness (QED) is 0.454. The van der Waals surface area contributed by atoms with Crippen molar-refractivity contribution >= 4 is 28.3 Å². The van der Waals surface area contributed by atoms with Gasteiger partial charge in [-0.05, 0) is 31.0 Å². The van der Waals surface area contributed by atoms with Crippen LogP contribution in [0.4, 0.5) is 16.0 Å². The second kappa shape index (κ2) is 8.56. The van der Waals surface area contributed by atoms with Crippen molar-refractivity contribution in [1.29, 1.82) is 0 Å². The van der Waals surface area contributed by atoms with Crippen molar-refractivity contribution in [3.8, 4) is 0 Å². The van der Waals surface area contributed by atoms with Gasteiger partial charge in [0.1, 0.15) is 11.6 Å². The van der Waals surface area contributed by atoms with Gasteiger partial charge in [0.15, 0.2) is 11.3 Å². The van der Waals surface area contributed by atoms with Gasteiger partial charge in [0.05, 0.1) is 29.9 Å².